The molecule has 3 rings (SSSR count). The van der Waals surface area contributed by atoms with Crippen LogP contribution in [0.3, 0.4) is 0 Å². The van der Waals surface area contributed by atoms with E-state index in [4.69, 9.17) is 11.5 Å². The van der Waals surface area contributed by atoms with Crippen molar-refractivity contribution in [1.82, 2.24) is 9.97 Å². The van der Waals surface area contributed by atoms with Gasteiger partial charge in [0.05, 0.1) is 11.3 Å². The van der Waals surface area contributed by atoms with Crippen LogP contribution in [0.25, 0.3) is 11.4 Å². The van der Waals surface area contributed by atoms with Crippen molar-refractivity contribution >= 4 is 5.82 Å². The lowest BCUT2D eigenvalue weighted by molar-refractivity contribution is 0.324. The Morgan fingerprint density at radius 3 is 2.76 bits per heavy atom. The van der Waals surface area contributed by atoms with E-state index in [0.717, 1.165) is 25.7 Å². The van der Waals surface area contributed by atoms with Crippen LogP contribution < -0.4 is 11.5 Å². The zero-order valence-electron chi connectivity index (χ0n) is 13.8. The summed E-state index contributed by atoms with van der Waals surface area (Å²) in [6, 6.07) is 6.23. The van der Waals surface area contributed by atoms with Gasteiger partial charge in [-0.15, -0.1) is 0 Å². The molecular formula is C18H21N5O2. The van der Waals surface area contributed by atoms with Gasteiger partial charge in [0.2, 0.25) is 0 Å². The lowest BCUT2D eigenvalue weighted by Gasteiger charge is -2.28. The fraction of sp³-hybridized carbons (Fsp3) is 0.389. The molecule has 1 heterocycles. The van der Waals surface area contributed by atoms with Crippen molar-refractivity contribution < 1.29 is 10.2 Å². The highest BCUT2D eigenvalue weighted by atomic mass is 16.3. The van der Waals surface area contributed by atoms with Crippen molar-refractivity contribution in [2.75, 3.05) is 12.3 Å². The molecule has 1 aliphatic carbocycles. The van der Waals surface area contributed by atoms with Crippen molar-refractivity contribution in [3.8, 4) is 29.0 Å². The molecule has 130 valence electrons. The molecule has 1 fully saturated rings. The van der Waals surface area contributed by atoms with Gasteiger partial charge in [-0.1, -0.05) is 6.42 Å². The average molecular weight is 339 g/mol. The SMILES string of the molecule is N#Cc1c(N)nc(-c2cc(O)ccc2O)nc1C1CCCC(CN)C1. The molecule has 2 aromatic rings. The van der Waals surface area contributed by atoms with Gasteiger partial charge in [-0.3, -0.25) is 0 Å². The molecule has 7 heteroatoms. The van der Waals surface area contributed by atoms with Crippen LogP contribution in [0, 0.1) is 17.2 Å². The number of aromatic nitrogens is 2. The Hall–Kier alpha value is -2.85. The summed E-state index contributed by atoms with van der Waals surface area (Å²) in [7, 11) is 0. The maximum atomic E-state index is 10.1. The standard InChI is InChI=1S/C18H21N5O2/c19-8-10-2-1-3-11(6-10)16-14(9-20)17(21)23-18(22-16)13-7-12(24)4-5-15(13)25/h4-5,7,10-11,24-25H,1-3,6,8,19H2,(H2,21,22,23). The summed E-state index contributed by atoms with van der Waals surface area (Å²) in [4.78, 5) is 8.70. The van der Waals surface area contributed by atoms with Crippen LogP contribution in [0.2, 0.25) is 0 Å². The summed E-state index contributed by atoms with van der Waals surface area (Å²) in [6.07, 6.45) is 3.86. The Kier molecular flexibility index (Phi) is 4.72. The van der Waals surface area contributed by atoms with Crippen LogP contribution in [0.15, 0.2) is 18.2 Å². The first-order chi connectivity index (χ1) is 12.0. The Labute approximate surface area is 146 Å². The first-order valence-electron chi connectivity index (χ1n) is 8.33. The minimum absolute atomic E-state index is 0.0123. The van der Waals surface area contributed by atoms with Crippen molar-refractivity contribution in [2.45, 2.75) is 31.6 Å². The number of rotatable bonds is 3. The number of nitrogens with zero attached hydrogens (tertiary/aromatic N) is 3. The summed E-state index contributed by atoms with van der Waals surface area (Å²) < 4.78 is 0. The average Bonchev–Trinajstić information content (AvgIpc) is 2.63. The Morgan fingerprint density at radius 2 is 2.04 bits per heavy atom. The number of benzene rings is 1. The zero-order chi connectivity index (χ0) is 18.0. The largest absolute Gasteiger partial charge is 0.508 e. The molecule has 0 bridgehead atoms. The van der Waals surface area contributed by atoms with E-state index in [1.165, 1.54) is 18.2 Å². The van der Waals surface area contributed by atoms with Crippen molar-refractivity contribution in [2.24, 2.45) is 11.7 Å². The number of phenolic OH excluding ortho intramolecular Hbond substituents is 2. The predicted molar refractivity (Wildman–Crippen MR) is 93.7 cm³/mol. The van der Waals surface area contributed by atoms with E-state index in [1.54, 1.807) is 0 Å². The molecule has 0 saturated heterocycles. The molecule has 0 radical (unpaired) electrons. The number of nitriles is 1. The highest BCUT2D eigenvalue weighted by Crippen LogP contribution is 2.39. The molecule has 0 amide bonds. The molecule has 1 aliphatic rings. The highest BCUT2D eigenvalue weighted by molar-refractivity contribution is 5.68. The van der Waals surface area contributed by atoms with Gasteiger partial charge in [0.25, 0.3) is 0 Å². The summed E-state index contributed by atoms with van der Waals surface area (Å²) in [5, 5.41) is 29.3. The molecule has 1 aromatic heterocycles. The second kappa shape index (κ2) is 6.95. The number of phenols is 2. The lowest BCUT2D eigenvalue weighted by Crippen LogP contribution is -2.23. The van der Waals surface area contributed by atoms with Crippen LogP contribution in [0.1, 0.15) is 42.9 Å². The highest BCUT2D eigenvalue weighted by Gasteiger charge is 2.28. The number of nitrogen functional groups attached to an aromatic ring is 1. The van der Waals surface area contributed by atoms with Gasteiger partial charge in [0, 0.05) is 5.92 Å². The van der Waals surface area contributed by atoms with Gasteiger partial charge in [-0.25, -0.2) is 9.97 Å². The fourth-order valence-electron chi connectivity index (χ4n) is 3.48. The second-order valence-electron chi connectivity index (χ2n) is 6.47. The van der Waals surface area contributed by atoms with Crippen molar-refractivity contribution in [3.63, 3.8) is 0 Å². The Bertz CT molecular complexity index is 831. The third-order valence-corrected chi connectivity index (χ3v) is 4.80. The summed E-state index contributed by atoms with van der Waals surface area (Å²) >= 11 is 0. The molecule has 1 aromatic carbocycles. The molecule has 25 heavy (non-hydrogen) atoms. The molecule has 6 N–H and O–H groups in total. The molecule has 1 saturated carbocycles. The predicted octanol–water partition coefficient (Wildman–Crippen LogP) is 2.24. The maximum absolute atomic E-state index is 10.1. The minimum Gasteiger partial charge on any atom is -0.508 e. The Morgan fingerprint density at radius 1 is 1.24 bits per heavy atom. The number of nitrogens with two attached hydrogens (primary N) is 2. The molecule has 7 nitrogen and oxygen atoms in total. The first-order valence-corrected chi connectivity index (χ1v) is 8.33. The Balaban J connectivity index is 2.10. The van der Waals surface area contributed by atoms with Gasteiger partial charge < -0.3 is 21.7 Å². The van der Waals surface area contributed by atoms with Crippen LogP contribution in [0.4, 0.5) is 5.82 Å². The normalized spacial score (nSPS) is 20.2. The van der Waals surface area contributed by atoms with Gasteiger partial charge >= 0.3 is 0 Å². The van der Waals surface area contributed by atoms with E-state index in [1.807, 2.05) is 0 Å². The third-order valence-electron chi connectivity index (χ3n) is 4.80. The van der Waals surface area contributed by atoms with Gasteiger partial charge in [-0.05, 0) is 49.9 Å². The number of hydrogen-bond donors (Lipinski definition) is 4. The quantitative estimate of drug-likeness (QED) is 0.628. The monoisotopic (exact) mass is 339 g/mol. The van der Waals surface area contributed by atoms with E-state index in [-0.39, 0.29) is 40.2 Å². The summed E-state index contributed by atoms with van der Waals surface area (Å²) in [5.74, 6) is 0.701. The molecule has 0 aliphatic heterocycles. The van der Waals surface area contributed by atoms with Gasteiger partial charge in [0.1, 0.15) is 28.9 Å². The van der Waals surface area contributed by atoms with E-state index in [0.29, 0.717) is 18.2 Å². The van der Waals surface area contributed by atoms with Crippen LogP contribution in [-0.2, 0) is 0 Å². The van der Waals surface area contributed by atoms with Crippen LogP contribution >= 0.6 is 0 Å². The van der Waals surface area contributed by atoms with Gasteiger partial charge in [0.15, 0.2) is 5.82 Å². The van der Waals surface area contributed by atoms with E-state index in [2.05, 4.69) is 16.0 Å². The zero-order valence-corrected chi connectivity index (χ0v) is 13.8. The van der Waals surface area contributed by atoms with Crippen LogP contribution in [0.5, 0.6) is 11.5 Å². The number of aromatic hydroxyl groups is 2. The fourth-order valence-corrected chi connectivity index (χ4v) is 3.48. The summed E-state index contributed by atoms with van der Waals surface area (Å²) in [5.41, 5.74) is 13.0. The molecule has 2 unspecified atom stereocenters. The van der Waals surface area contributed by atoms with Crippen molar-refractivity contribution in [3.05, 3.63) is 29.5 Å². The van der Waals surface area contributed by atoms with E-state index < -0.39 is 0 Å². The molecular weight excluding hydrogens is 318 g/mol. The smallest absolute Gasteiger partial charge is 0.165 e. The summed E-state index contributed by atoms with van der Waals surface area (Å²) in [6.45, 7) is 0.610. The van der Waals surface area contributed by atoms with E-state index >= 15 is 0 Å². The van der Waals surface area contributed by atoms with E-state index in [9.17, 15) is 15.5 Å². The number of anilines is 1. The topological polar surface area (TPSA) is 142 Å². The third kappa shape index (κ3) is 3.35. The van der Waals surface area contributed by atoms with Gasteiger partial charge in [-0.2, -0.15) is 5.26 Å². The first kappa shape index (κ1) is 17.0. The minimum atomic E-state index is -0.0589. The van der Waals surface area contributed by atoms with Crippen molar-refractivity contribution in [1.29, 1.82) is 5.26 Å². The number of hydrogen-bond acceptors (Lipinski definition) is 7. The maximum Gasteiger partial charge on any atom is 0.165 e. The molecule has 2 atom stereocenters. The van der Waals surface area contributed by atoms with Crippen LogP contribution in [-0.4, -0.2) is 26.7 Å². The molecule has 0 spiro atoms. The lowest BCUT2D eigenvalue weighted by atomic mass is 9.79. The second-order valence-corrected chi connectivity index (χ2v) is 6.47.